The second-order valence-corrected chi connectivity index (χ2v) is 18.7. The van der Waals surface area contributed by atoms with Crippen molar-refractivity contribution in [3.63, 3.8) is 0 Å². The lowest BCUT2D eigenvalue weighted by Crippen LogP contribution is -2.62. The van der Waals surface area contributed by atoms with Crippen molar-refractivity contribution in [1.29, 1.82) is 0 Å². The summed E-state index contributed by atoms with van der Waals surface area (Å²) in [6, 6.07) is 19.3. The van der Waals surface area contributed by atoms with Gasteiger partial charge in [0.15, 0.2) is 0 Å². The van der Waals surface area contributed by atoms with Crippen molar-refractivity contribution < 1.29 is 34.5 Å². The highest BCUT2D eigenvalue weighted by molar-refractivity contribution is 5.97. The number of anilines is 1. The van der Waals surface area contributed by atoms with Gasteiger partial charge in [-0.25, -0.2) is 0 Å². The summed E-state index contributed by atoms with van der Waals surface area (Å²) in [5, 5.41) is 41.6. The zero-order valence-electron chi connectivity index (χ0n) is 35.5. The van der Waals surface area contributed by atoms with Crippen LogP contribution in [-0.4, -0.2) is 115 Å². The van der Waals surface area contributed by atoms with Crippen LogP contribution in [0, 0.1) is 28.6 Å². The van der Waals surface area contributed by atoms with Crippen LogP contribution in [0.5, 0.6) is 5.75 Å². The fraction of sp³-hybridized carbons (Fsp3) is 0.565. The largest absolute Gasteiger partial charge is 0.496 e. The molecule has 5 fully saturated rings. The Bertz CT molecular complexity index is 1990. The quantitative estimate of drug-likeness (QED) is 0.157. The molecule has 3 aromatic rings. The Labute approximate surface area is 343 Å². The van der Waals surface area contributed by atoms with Gasteiger partial charge in [-0.1, -0.05) is 69.3 Å². The maximum absolute atomic E-state index is 14.5. The van der Waals surface area contributed by atoms with Crippen molar-refractivity contribution in [1.82, 2.24) is 20.6 Å². The van der Waals surface area contributed by atoms with Crippen LogP contribution in [0.25, 0.3) is 11.1 Å². The zero-order valence-corrected chi connectivity index (χ0v) is 35.5. The summed E-state index contributed by atoms with van der Waals surface area (Å²) in [6.45, 7) is 8.86. The molecule has 2 bridgehead atoms. The summed E-state index contributed by atoms with van der Waals surface area (Å²) in [5.74, 6) is 1.44. The zero-order chi connectivity index (χ0) is 41.9. The Morgan fingerprint density at radius 1 is 1.02 bits per heavy atom. The van der Waals surface area contributed by atoms with E-state index >= 15 is 0 Å². The molecule has 0 aromatic heterocycles. The first kappa shape index (κ1) is 42.1. The van der Waals surface area contributed by atoms with Crippen LogP contribution >= 0.6 is 0 Å². The summed E-state index contributed by atoms with van der Waals surface area (Å²) in [6.07, 6.45) is 0.752. The van der Waals surface area contributed by atoms with E-state index in [2.05, 4.69) is 31.4 Å². The van der Waals surface area contributed by atoms with Gasteiger partial charge in [-0.05, 0) is 92.8 Å². The number of benzene rings is 3. The Kier molecular flexibility index (Phi) is 11.5. The number of methoxy groups -OCH3 is 1. The number of hydroxylamine groups is 2. The number of hydrogen-bond donors (Lipinski definition) is 5. The molecule has 12 heteroatoms. The summed E-state index contributed by atoms with van der Waals surface area (Å²) in [5.41, 5.74) is 2.23. The Hall–Kier alpha value is -4.04. The molecule has 1 saturated heterocycles. The second-order valence-electron chi connectivity index (χ2n) is 18.7. The number of para-hydroxylation sites is 1. The van der Waals surface area contributed by atoms with E-state index in [0.29, 0.717) is 47.6 Å². The van der Waals surface area contributed by atoms with Gasteiger partial charge in [-0.15, -0.1) is 0 Å². The lowest BCUT2D eigenvalue weighted by atomic mass is 9.45. The molecule has 12 nitrogen and oxygen atoms in total. The molecule has 8 rings (SSSR count). The summed E-state index contributed by atoms with van der Waals surface area (Å²) >= 11 is 0. The van der Waals surface area contributed by atoms with E-state index in [0.717, 1.165) is 28.8 Å². The molecule has 1 spiro atoms. The number of ether oxygens (including phenoxy) is 1. The Morgan fingerprint density at radius 2 is 1.72 bits per heavy atom. The van der Waals surface area contributed by atoms with Gasteiger partial charge in [0.05, 0.1) is 37.3 Å². The minimum absolute atomic E-state index is 0.0213. The Balaban J connectivity index is 1.18. The number of nitrogens with zero attached hydrogens (tertiary/aromatic N) is 3. The standard InChI is InChI=1S/C46H63N5O7/c1-27-35-21-32(44(35,2)3)22-36(27)47-43(55)41-46(26-45(46,4)56)38(25-52)58-51(41)23-29-16-13-17-34(40(29)57-9)30-18-31(20-33(19-30)50(7)8)42(54)48-37(24-49(5)6)39(53)28-14-11-10-12-15-28/h10-20,27,32,35-39,41,52-53,56H,21-26H2,1-9H3,(H,47,55)(H,48,54)/t27-,32+,35-,36-,37+,38-,39+,41+,45?,46+/m0/s1. The van der Waals surface area contributed by atoms with E-state index in [-0.39, 0.29) is 36.4 Å². The first-order chi connectivity index (χ1) is 27.4. The molecule has 4 aliphatic carbocycles. The number of fused-ring (bicyclic) bond motifs is 2. The SMILES string of the molecule is COc1c(CN2O[C@@H](CO)[C@]3(CC3(C)O)[C@H]2C(=O)N[C@H]2C[C@H]3C[C@@H]([C@@H]2C)C3(C)C)cccc1-c1cc(C(=O)N[C@H](CN(C)C)[C@H](O)c2ccccc2)cc(N(C)C)c1. The van der Waals surface area contributed by atoms with Crippen LogP contribution in [0.15, 0.2) is 66.7 Å². The van der Waals surface area contributed by atoms with Gasteiger partial charge in [0.2, 0.25) is 5.91 Å². The van der Waals surface area contributed by atoms with Crippen LogP contribution in [0.3, 0.4) is 0 Å². The maximum atomic E-state index is 14.5. The molecule has 1 unspecified atom stereocenters. The predicted octanol–water partition coefficient (Wildman–Crippen LogP) is 4.63. The van der Waals surface area contributed by atoms with Crippen molar-refractivity contribution in [3.05, 3.63) is 83.4 Å². The number of nitrogens with one attached hydrogen (secondary N) is 2. The van der Waals surface area contributed by atoms with Gasteiger partial charge < -0.3 is 40.5 Å². The molecule has 0 radical (unpaired) electrons. The van der Waals surface area contributed by atoms with Gasteiger partial charge in [0, 0.05) is 49.1 Å². The van der Waals surface area contributed by atoms with E-state index < -0.39 is 35.3 Å². The first-order valence-corrected chi connectivity index (χ1v) is 20.7. The molecule has 5 N–H and O–H groups in total. The van der Waals surface area contributed by atoms with Gasteiger partial charge in [-0.2, -0.15) is 5.06 Å². The molecule has 2 amide bonds. The summed E-state index contributed by atoms with van der Waals surface area (Å²) in [7, 11) is 9.23. The number of carbonyl (C=O) groups is 2. The number of hydrogen-bond acceptors (Lipinski definition) is 10. The topological polar surface area (TPSA) is 147 Å². The van der Waals surface area contributed by atoms with Gasteiger partial charge in [0.25, 0.3) is 5.91 Å². The van der Waals surface area contributed by atoms with Gasteiger partial charge >= 0.3 is 0 Å². The molecule has 1 aliphatic heterocycles. The van der Waals surface area contributed by atoms with E-state index in [1.807, 2.05) is 105 Å². The number of rotatable bonds is 14. The maximum Gasteiger partial charge on any atom is 0.251 e. The number of carbonyl (C=O) groups excluding carboxylic acids is 2. The highest BCUT2D eigenvalue weighted by Crippen LogP contribution is 2.66. The molecule has 1 heterocycles. The predicted molar refractivity (Wildman–Crippen MR) is 224 cm³/mol. The monoisotopic (exact) mass is 797 g/mol. The molecule has 10 atom stereocenters. The van der Waals surface area contributed by atoms with E-state index in [4.69, 9.17) is 9.57 Å². The molecule has 4 saturated carbocycles. The van der Waals surface area contributed by atoms with Crippen molar-refractivity contribution in [2.45, 2.75) is 89.4 Å². The average molecular weight is 798 g/mol. The molecular weight excluding hydrogens is 735 g/mol. The Morgan fingerprint density at radius 3 is 2.31 bits per heavy atom. The number of likely N-dealkylation sites (N-methyl/N-ethyl adjacent to an activating group) is 1. The molecule has 58 heavy (non-hydrogen) atoms. The van der Waals surface area contributed by atoms with Gasteiger partial charge in [0.1, 0.15) is 24.0 Å². The third kappa shape index (κ3) is 7.41. The van der Waals surface area contributed by atoms with Gasteiger partial charge in [-0.3, -0.25) is 14.4 Å². The van der Waals surface area contributed by atoms with Crippen molar-refractivity contribution in [2.75, 3.05) is 53.4 Å². The van der Waals surface area contributed by atoms with Crippen LogP contribution in [0.1, 0.15) is 74.5 Å². The smallest absolute Gasteiger partial charge is 0.251 e. The molecule has 3 aromatic carbocycles. The molecular formula is C46H63N5O7. The fourth-order valence-electron chi connectivity index (χ4n) is 10.7. The van der Waals surface area contributed by atoms with Crippen LogP contribution in [-0.2, 0) is 16.2 Å². The number of aliphatic hydroxyl groups excluding tert-OH is 2. The average Bonchev–Trinajstić information content (AvgIpc) is 3.62. The third-order valence-corrected chi connectivity index (χ3v) is 14.3. The van der Waals surface area contributed by atoms with Crippen LogP contribution in [0.4, 0.5) is 5.69 Å². The fourth-order valence-corrected chi connectivity index (χ4v) is 10.7. The normalized spacial score (nSPS) is 30.7. The van der Waals surface area contributed by atoms with Crippen molar-refractivity contribution in [2.24, 2.45) is 28.6 Å². The van der Waals surface area contributed by atoms with E-state index in [1.54, 1.807) is 19.1 Å². The number of aliphatic hydroxyl groups is 3. The summed E-state index contributed by atoms with van der Waals surface area (Å²) in [4.78, 5) is 38.9. The van der Waals surface area contributed by atoms with Crippen LogP contribution in [0.2, 0.25) is 0 Å². The third-order valence-electron chi connectivity index (χ3n) is 14.3. The van der Waals surface area contributed by atoms with E-state index in [9.17, 15) is 24.9 Å². The minimum Gasteiger partial charge on any atom is -0.496 e. The number of amides is 2. The molecule has 5 aliphatic rings. The minimum atomic E-state index is -1.20. The lowest BCUT2D eigenvalue weighted by molar-refractivity contribution is -0.183. The lowest BCUT2D eigenvalue weighted by Gasteiger charge is -2.62. The first-order valence-electron chi connectivity index (χ1n) is 20.7. The summed E-state index contributed by atoms with van der Waals surface area (Å²) < 4.78 is 6.13. The highest BCUT2D eigenvalue weighted by Gasteiger charge is 2.78. The van der Waals surface area contributed by atoms with E-state index in [1.165, 1.54) is 6.42 Å². The van der Waals surface area contributed by atoms with Crippen LogP contribution < -0.4 is 20.3 Å². The van der Waals surface area contributed by atoms with Crippen molar-refractivity contribution >= 4 is 17.5 Å². The molecule has 314 valence electrons. The second kappa shape index (κ2) is 15.9. The van der Waals surface area contributed by atoms with Crippen molar-refractivity contribution in [3.8, 4) is 16.9 Å². The highest BCUT2D eigenvalue weighted by atomic mass is 16.7.